The van der Waals surface area contributed by atoms with Crippen LogP contribution >= 0.6 is 0 Å². The summed E-state index contributed by atoms with van der Waals surface area (Å²) in [6.45, 7) is 6.17. The van der Waals surface area contributed by atoms with Crippen LogP contribution in [0.3, 0.4) is 0 Å². The highest BCUT2D eigenvalue weighted by Gasteiger charge is 2.29. The van der Waals surface area contributed by atoms with Crippen molar-refractivity contribution < 1.29 is 17.4 Å². The lowest BCUT2D eigenvalue weighted by atomic mass is 10.4. The molecule has 0 aromatic rings. The lowest BCUT2D eigenvalue weighted by molar-refractivity contribution is -0.117. The van der Waals surface area contributed by atoms with Gasteiger partial charge in [0, 0.05) is 11.4 Å². The van der Waals surface area contributed by atoms with Crippen molar-refractivity contribution in [2.24, 2.45) is 4.36 Å². The van der Waals surface area contributed by atoms with Crippen molar-refractivity contribution in [1.82, 2.24) is 4.72 Å². The average Bonchev–Trinajstić information content (AvgIpc) is 1.81. The summed E-state index contributed by atoms with van der Waals surface area (Å²) in [5.74, 6) is 0. The summed E-state index contributed by atoms with van der Waals surface area (Å²) in [6.07, 6.45) is -4.81. The van der Waals surface area contributed by atoms with Gasteiger partial charge < -0.3 is 0 Å². The Balaban J connectivity index is 4.96. The molecule has 1 unspecified atom stereocenters. The van der Waals surface area contributed by atoms with Crippen LogP contribution in [0.4, 0.5) is 13.2 Å². The van der Waals surface area contributed by atoms with Crippen molar-refractivity contribution in [3.8, 4) is 0 Å². The number of rotatable bonds is 3. The molecule has 13 heavy (non-hydrogen) atoms. The van der Waals surface area contributed by atoms with Gasteiger partial charge in [0.1, 0.15) is 9.92 Å². The first kappa shape index (κ1) is 12.4. The minimum atomic E-state index is -4.81. The zero-order valence-electron chi connectivity index (χ0n) is 7.26. The third-order valence-electron chi connectivity index (χ3n) is 0.870. The smallest absolute Gasteiger partial charge is 0.229 e. The highest BCUT2D eigenvalue weighted by Crippen LogP contribution is 2.18. The van der Waals surface area contributed by atoms with Crippen LogP contribution in [0.1, 0.15) is 13.8 Å². The monoisotopic (exact) mass is 216 g/mol. The fraction of sp³-hybridized carbons (Fsp3) is 0.667. The fourth-order valence-electron chi connectivity index (χ4n) is 0.603. The Morgan fingerprint density at radius 2 is 2.00 bits per heavy atom. The molecule has 0 radical (unpaired) electrons. The molecule has 0 rings (SSSR count). The average molecular weight is 216 g/mol. The SMILES string of the molecule is C=CS(=O)(=NC(F)(F)F)NC(C)C. The van der Waals surface area contributed by atoms with Crippen LogP contribution in [-0.4, -0.2) is 16.6 Å². The molecule has 0 fully saturated rings. The van der Waals surface area contributed by atoms with E-state index >= 15 is 0 Å². The van der Waals surface area contributed by atoms with E-state index in [4.69, 9.17) is 0 Å². The highest BCUT2D eigenvalue weighted by atomic mass is 32.2. The Kier molecular flexibility index (Phi) is 3.92. The van der Waals surface area contributed by atoms with Crippen LogP contribution in [0.25, 0.3) is 0 Å². The maximum Gasteiger partial charge on any atom is 0.512 e. The van der Waals surface area contributed by atoms with Crippen molar-refractivity contribution in [3.05, 3.63) is 12.0 Å². The molecule has 0 aromatic carbocycles. The third-order valence-corrected chi connectivity index (χ3v) is 2.61. The van der Waals surface area contributed by atoms with Crippen molar-refractivity contribution in [3.63, 3.8) is 0 Å². The topological polar surface area (TPSA) is 41.5 Å². The van der Waals surface area contributed by atoms with Gasteiger partial charge in [0.15, 0.2) is 0 Å². The molecule has 0 aliphatic rings. The minimum Gasteiger partial charge on any atom is -0.229 e. The van der Waals surface area contributed by atoms with Crippen molar-refractivity contribution in [2.45, 2.75) is 26.2 Å². The summed E-state index contributed by atoms with van der Waals surface area (Å²) >= 11 is 0. The van der Waals surface area contributed by atoms with Crippen LogP contribution in [-0.2, 0) is 9.92 Å². The summed E-state index contributed by atoms with van der Waals surface area (Å²) in [6, 6.07) is -0.364. The summed E-state index contributed by atoms with van der Waals surface area (Å²) in [5.41, 5.74) is 0. The van der Waals surface area contributed by atoms with Crippen LogP contribution in [0.5, 0.6) is 0 Å². The van der Waals surface area contributed by atoms with Crippen molar-refractivity contribution in [1.29, 1.82) is 0 Å². The van der Waals surface area contributed by atoms with Gasteiger partial charge >= 0.3 is 6.30 Å². The number of halogens is 3. The van der Waals surface area contributed by atoms with Gasteiger partial charge in [-0.1, -0.05) is 6.58 Å². The molecule has 0 aliphatic carbocycles. The molecule has 0 saturated heterocycles. The molecular formula is C6H11F3N2OS. The Hall–Kier alpha value is -0.560. The zero-order valence-corrected chi connectivity index (χ0v) is 8.08. The number of hydrogen-bond acceptors (Lipinski definition) is 2. The normalized spacial score (nSPS) is 16.8. The molecule has 0 spiro atoms. The van der Waals surface area contributed by atoms with Gasteiger partial charge in [0.2, 0.25) is 0 Å². The molecule has 7 heteroatoms. The molecular weight excluding hydrogens is 205 g/mol. The van der Waals surface area contributed by atoms with Crippen LogP contribution in [0.15, 0.2) is 16.3 Å². The van der Waals surface area contributed by atoms with E-state index in [0.717, 1.165) is 0 Å². The van der Waals surface area contributed by atoms with E-state index in [9.17, 15) is 17.4 Å². The maximum atomic E-state index is 11.8. The summed E-state index contributed by atoms with van der Waals surface area (Å²) in [4.78, 5) is 0. The Bertz CT molecular complexity index is 289. The van der Waals surface area contributed by atoms with E-state index in [1.54, 1.807) is 13.8 Å². The van der Waals surface area contributed by atoms with Gasteiger partial charge in [-0.25, -0.2) is 8.93 Å². The van der Waals surface area contributed by atoms with E-state index in [2.05, 4.69) is 15.7 Å². The van der Waals surface area contributed by atoms with Gasteiger partial charge in [0.05, 0.1) is 0 Å². The number of nitrogens with zero attached hydrogens (tertiary/aromatic N) is 1. The predicted molar refractivity (Wildman–Crippen MR) is 45.1 cm³/mol. The van der Waals surface area contributed by atoms with Gasteiger partial charge in [0.25, 0.3) is 0 Å². The van der Waals surface area contributed by atoms with Crippen LogP contribution in [0, 0.1) is 0 Å². The first-order valence-corrected chi connectivity index (χ1v) is 5.01. The largest absolute Gasteiger partial charge is 0.512 e. The summed E-state index contributed by atoms with van der Waals surface area (Å²) in [7, 11) is -3.57. The fourth-order valence-corrected chi connectivity index (χ4v) is 1.81. The lowest BCUT2D eigenvalue weighted by Gasteiger charge is -2.11. The molecule has 3 nitrogen and oxygen atoms in total. The molecule has 0 saturated carbocycles. The minimum absolute atomic E-state index is 0.364. The second kappa shape index (κ2) is 4.10. The van der Waals surface area contributed by atoms with Gasteiger partial charge in [-0.05, 0) is 13.8 Å². The molecule has 0 amide bonds. The number of hydrogen-bond donors (Lipinski definition) is 1. The third kappa shape index (κ3) is 5.64. The second-order valence-electron chi connectivity index (χ2n) is 2.57. The quantitative estimate of drug-likeness (QED) is 0.720. The van der Waals surface area contributed by atoms with Crippen LogP contribution < -0.4 is 4.72 Å². The van der Waals surface area contributed by atoms with E-state index in [-0.39, 0.29) is 6.04 Å². The second-order valence-corrected chi connectivity index (χ2v) is 4.46. The number of nitrogens with one attached hydrogen (secondary N) is 1. The van der Waals surface area contributed by atoms with E-state index in [1.165, 1.54) is 0 Å². The Morgan fingerprint density at radius 3 is 2.23 bits per heavy atom. The Labute approximate surface area is 75.3 Å². The summed E-state index contributed by atoms with van der Waals surface area (Å²) < 4.78 is 50.9. The van der Waals surface area contributed by atoms with Gasteiger partial charge in [-0.3, -0.25) is 0 Å². The molecule has 0 heterocycles. The summed E-state index contributed by atoms with van der Waals surface area (Å²) in [5, 5.41) is 0.667. The lowest BCUT2D eigenvalue weighted by Crippen LogP contribution is -2.29. The van der Waals surface area contributed by atoms with E-state index < -0.39 is 16.2 Å². The molecule has 0 aliphatic heterocycles. The van der Waals surface area contributed by atoms with Gasteiger partial charge in [-0.15, -0.1) is 17.5 Å². The van der Waals surface area contributed by atoms with E-state index in [0.29, 0.717) is 5.41 Å². The molecule has 1 atom stereocenters. The van der Waals surface area contributed by atoms with E-state index in [1.807, 2.05) is 0 Å². The van der Waals surface area contributed by atoms with Gasteiger partial charge in [-0.2, -0.15) is 0 Å². The molecule has 78 valence electrons. The first-order chi connectivity index (χ1) is 5.68. The Morgan fingerprint density at radius 1 is 1.54 bits per heavy atom. The zero-order chi connectivity index (χ0) is 10.7. The standard InChI is InChI=1S/C6H11F3N2OS/c1-4-13(12,10-5(2)3)11-6(7,8)9/h4-5H,1H2,2-3H3,(H,10,11,12). The van der Waals surface area contributed by atoms with Crippen molar-refractivity contribution >= 4 is 9.92 Å². The highest BCUT2D eigenvalue weighted by molar-refractivity contribution is 7.94. The maximum absolute atomic E-state index is 11.8. The molecule has 0 aromatic heterocycles. The predicted octanol–water partition coefficient (Wildman–Crippen LogP) is 2.03. The first-order valence-electron chi connectivity index (χ1n) is 3.43. The van der Waals surface area contributed by atoms with Crippen LogP contribution in [0.2, 0.25) is 0 Å². The number of alkyl halides is 3. The van der Waals surface area contributed by atoms with Crippen molar-refractivity contribution in [2.75, 3.05) is 0 Å². The molecule has 1 N–H and O–H groups in total. The molecule has 0 bridgehead atoms.